The number of fused-ring (bicyclic) bond motifs is 1. The molecular weight excluding hydrogens is 333 g/mol. The van der Waals surface area contributed by atoms with Crippen molar-refractivity contribution in [2.24, 2.45) is 0 Å². The van der Waals surface area contributed by atoms with Gasteiger partial charge in [-0.05, 0) is 55.8 Å². The molecular formula is C18H15F3N2O2. The topological polar surface area (TPSA) is 46.3 Å². The minimum absolute atomic E-state index is 0.0835. The van der Waals surface area contributed by atoms with Gasteiger partial charge in [0.2, 0.25) is 5.89 Å². The Morgan fingerprint density at radius 2 is 1.84 bits per heavy atom. The van der Waals surface area contributed by atoms with Gasteiger partial charge in [0.15, 0.2) is 5.58 Å². The Morgan fingerprint density at radius 3 is 2.44 bits per heavy atom. The number of nitrogens with zero attached hydrogens (tertiary/aromatic N) is 2. The molecule has 4 nitrogen and oxygen atoms in total. The fourth-order valence-electron chi connectivity index (χ4n) is 2.54. The maximum atomic E-state index is 12.7. The molecule has 3 aromatic rings. The average Bonchev–Trinajstić information content (AvgIpc) is 2.98. The highest BCUT2D eigenvalue weighted by atomic mass is 19.4. The molecule has 0 N–H and O–H groups in total. The molecule has 1 amide bonds. The molecule has 2 aromatic carbocycles. The van der Waals surface area contributed by atoms with E-state index >= 15 is 0 Å². The van der Waals surface area contributed by atoms with E-state index in [0.29, 0.717) is 27.5 Å². The molecule has 130 valence electrons. The van der Waals surface area contributed by atoms with E-state index in [1.165, 1.54) is 19.1 Å². The Bertz CT molecular complexity index is 914. The van der Waals surface area contributed by atoms with Crippen LogP contribution in [-0.2, 0) is 4.79 Å². The first-order chi connectivity index (χ1) is 11.8. The lowest BCUT2D eigenvalue weighted by Crippen LogP contribution is -2.41. The van der Waals surface area contributed by atoms with Crippen LogP contribution in [0, 0.1) is 6.92 Å². The summed E-state index contributed by atoms with van der Waals surface area (Å²) in [7, 11) is 0. The van der Waals surface area contributed by atoms with Gasteiger partial charge in [-0.25, -0.2) is 4.98 Å². The van der Waals surface area contributed by atoms with E-state index in [2.05, 4.69) is 4.98 Å². The smallest absolute Gasteiger partial charge is 0.436 e. The number of hydrogen-bond acceptors (Lipinski definition) is 3. The molecule has 7 heteroatoms. The van der Waals surface area contributed by atoms with Crippen LogP contribution in [0.2, 0.25) is 0 Å². The van der Waals surface area contributed by atoms with Crippen molar-refractivity contribution in [2.45, 2.75) is 20.0 Å². The third kappa shape index (κ3) is 3.35. The predicted octanol–water partition coefficient (Wildman–Crippen LogP) is 4.72. The Labute approximate surface area is 141 Å². The van der Waals surface area contributed by atoms with Gasteiger partial charge < -0.3 is 9.32 Å². The SMILES string of the molecule is CCN(C(=O)C(F)(F)F)c1ccc(-c2nc3cc(C)ccc3o2)cc1. The van der Waals surface area contributed by atoms with Gasteiger partial charge in [0.05, 0.1) is 0 Å². The number of halogens is 3. The second-order valence-corrected chi connectivity index (χ2v) is 5.58. The standard InChI is InChI=1S/C18H15F3N2O2/c1-3-23(17(24)18(19,20)21)13-7-5-12(6-8-13)16-22-14-10-11(2)4-9-15(14)25-16/h4-10H,3H2,1-2H3. The minimum atomic E-state index is -4.91. The molecule has 1 aromatic heterocycles. The summed E-state index contributed by atoms with van der Waals surface area (Å²) in [4.78, 5) is 16.5. The maximum absolute atomic E-state index is 12.7. The molecule has 3 rings (SSSR count). The average molecular weight is 348 g/mol. The van der Waals surface area contributed by atoms with Crippen molar-refractivity contribution in [3.05, 3.63) is 48.0 Å². The highest BCUT2D eigenvalue weighted by Gasteiger charge is 2.42. The lowest BCUT2D eigenvalue weighted by atomic mass is 10.2. The molecule has 25 heavy (non-hydrogen) atoms. The minimum Gasteiger partial charge on any atom is -0.436 e. The summed E-state index contributed by atoms with van der Waals surface area (Å²) in [5.74, 6) is -1.52. The fourth-order valence-corrected chi connectivity index (χ4v) is 2.54. The quantitative estimate of drug-likeness (QED) is 0.688. The molecule has 0 saturated carbocycles. The van der Waals surface area contributed by atoms with E-state index < -0.39 is 12.1 Å². The first kappa shape index (κ1) is 17.0. The third-order valence-corrected chi connectivity index (χ3v) is 3.77. The van der Waals surface area contributed by atoms with Crippen LogP contribution in [0.15, 0.2) is 46.9 Å². The zero-order chi connectivity index (χ0) is 18.2. The summed E-state index contributed by atoms with van der Waals surface area (Å²) in [5.41, 5.74) is 3.18. The van der Waals surface area contributed by atoms with E-state index in [9.17, 15) is 18.0 Å². The highest BCUT2D eigenvalue weighted by Crippen LogP contribution is 2.28. The summed E-state index contributed by atoms with van der Waals surface area (Å²) >= 11 is 0. The van der Waals surface area contributed by atoms with Crippen molar-refractivity contribution in [3.63, 3.8) is 0 Å². The number of aromatic nitrogens is 1. The van der Waals surface area contributed by atoms with E-state index in [4.69, 9.17) is 4.42 Å². The monoisotopic (exact) mass is 348 g/mol. The fraction of sp³-hybridized carbons (Fsp3) is 0.222. The molecule has 0 fully saturated rings. The van der Waals surface area contributed by atoms with Gasteiger partial charge >= 0.3 is 12.1 Å². The molecule has 0 aliphatic carbocycles. The van der Waals surface area contributed by atoms with Crippen molar-refractivity contribution < 1.29 is 22.4 Å². The van der Waals surface area contributed by atoms with Gasteiger partial charge in [-0.15, -0.1) is 0 Å². The number of alkyl halides is 3. The molecule has 0 bridgehead atoms. The van der Waals surface area contributed by atoms with Crippen molar-refractivity contribution in [3.8, 4) is 11.5 Å². The first-order valence-electron chi connectivity index (χ1n) is 7.66. The van der Waals surface area contributed by atoms with Crippen molar-refractivity contribution in [2.75, 3.05) is 11.4 Å². The van der Waals surface area contributed by atoms with E-state index in [-0.39, 0.29) is 12.2 Å². The number of amides is 1. The second kappa shape index (κ2) is 6.23. The molecule has 0 aliphatic rings. The number of carbonyl (C=O) groups excluding carboxylic acids is 1. The van der Waals surface area contributed by atoms with Crippen LogP contribution in [0.3, 0.4) is 0 Å². The van der Waals surface area contributed by atoms with Crippen LogP contribution in [0.1, 0.15) is 12.5 Å². The van der Waals surface area contributed by atoms with Crippen LogP contribution >= 0.6 is 0 Å². The van der Waals surface area contributed by atoms with E-state index in [1.54, 1.807) is 12.1 Å². The Hall–Kier alpha value is -2.83. The second-order valence-electron chi connectivity index (χ2n) is 5.58. The van der Waals surface area contributed by atoms with Gasteiger partial charge in [0, 0.05) is 17.8 Å². The van der Waals surface area contributed by atoms with E-state index in [0.717, 1.165) is 5.56 Å². The summed E-state index contributed by atoms with van der Waals surface area (Å²) in [6.45, 7) is 3.35. The highest BCUT2D eigenvalue weighted by molar-refractivity contribution is 5.97. The first-order valence-corrected chi connectivity index (χ1v) is 7.66. The number of carbonyl (C=O) groups is 1. The van der Waals surface area contributed by atoms with Crippen LogP contribution in [-0.4, -0.2) is 23.6 Å². The molecule has 0 saturated heterocycles. The van der Waals surface area contributed by atoms with Crippen LogP contribution in [0.4, 0.5) is 18.9 Å². The number of hydrogen-bond donors (Lipinski definition) is 0. The van der Waals surface area contributed by atoms with Gasteiger partial charge in [0.1, 0.15) is 5.52 Å². The Balaban J connectivity index is 1.91. The Morgan fingerprint density at radius 1 is 1.16 bits per heavy atom. The van der Waals surface area contributed by atoms with Gasteiger partial charge in [-0.1, -0.05) is 6.07 Å². The molecule has 0 unspecified atom stereocenters. The van der Waals surface area contributed by atoms with Crippen LogP contribution in [0.5, 0.6) is 0 Å². The zero-order valence-electron chi connectivity index (χ0n) is 13.6. The predicted molar refractivity (Wildman–Crippen MR) is 88.3 cm³/mol. The molecule has 0 spiro atoms. The number of anilines is 1. The summed E-state index contributed by atoms with van der Waals surface area (Å²) in [6.07, 6.45) is -4.91. The molecule has 0 atom stereocenters. The summed E-state index contributed by atoms with van der Waals surface area (Å²) < 4.78 is 43.6. The molecule has 0 radical (unpaired) electrons. The third-order valence-electron chi connectivity index (χ3n) is 3.77. The van der Waals surface area contributed by atoms with Crippen molar-refractivity contribution >= 4 is 22.7 Å². The molecule has 0 aliphatic heterocycles. The lowest BCUT2D eigenvalue weighted by molar-refractivity contribution is -0.170. The number of benzene rings is 2. The number of rotatable bonds is 3. The largest absolute Gasteiger partial charge is 0.471 e. The maximum Gasteiger partial charge on any atom is 0.471 e. The van der Waals surface area contributed by atoms with E-state index in [1.807, 2.05) is 25.1 Å². The zero-order valence-corrected chi connectivity index (χ0v) is 13.6. The van der Waals surface area contributed by atoms with Crippen LogP contribution in [0.25, 0.3) is 22.6 Å². The lowest BCUT2D eigenvalue weighted by Gasteiger charge is -2.22. The summed E-state index contributed by atoms with van der Waals surface area (Å²) in [5, 5.41) is 0. The van der Waals surface area contributed by atoms with Crippen LogP contribution < -0.4 is 4.90 Å². The van der Waals surface area contributed by atoms with Crippen molar-refractivity contribution in [1.29, 1.82) is 0 Å². The van der Waals surface area contributed by atoms with Gasteiger partial charge in [-0.3, -0.25) is 4.79 Å². The normalized spacial score (nSPS) is 11.7. The Kier molecular flexibility index (Phi) is 4.24. The number of oxazole rings is 1. The van der Waals surface area contributed by atoms with Gasteiger partial charge in [0.25, 0.3) is 0 Å². The molecule has 1 heterocycles. The number of aryl methyl sites for hydroxylation is 1. The van der Waals surface area contributed by atoms with Crippen molar-refractivity contribution in [1.82, 2.24) is 4.98 Å². The van der Waals surface area contributed by atoms with Gasteiger partial charge in [-0.2, -0.15) is 13.2 Å². The summed E-state index contributed by atoms with van der Waals surface area (Å²) in [6, 6.07) is 11.7.